The van der Waals surface area contributed by atoms with E-state index in [-0.39, 0.29) is 27.6 Å². The van der Waals surface area contributed by atoms with Crippen molar-refractivity contribution in [3.63, 3.8) is 0 Å². The molecular weight excluding hydrogens is 563 g/mol. The number of ether oxygens (including phenoxy) is 3. The monoisotopic (exact) mass is 594 g/mol. The molecule has 9 nitrogen and oxygen atoms in total. The number of carbonyl (C=O) groups is 1. The molecule has 0 saturated carbocycles. The highest BCUT2D eigenvalue weighted by Gasteiger charge is 2.29. The molecule has 39 heavy (non-hydrogen) atoms. The predicted molar refractivity (Wildman–Crippen MR) is 155 cm³/mol. The van der Waals surface area contributed by atoms with E-state index in [1.54, 1.807) is 27.8 Å². The number of methoxy groups -OCH3 is 2. The van der Waals surface area contributed by atoms with Gasteiger partial charge in [0.2, 0.25) is 0 Å². The second kappa shape index (κ2) is 11.8. The lowest BCUT2D eigenvalue weighted by molar-refractivity contribution is 0.0178. The zero-order chi connectivity index (χ0) is 28.5. The van der Waals surface area contributed by atoms with Crippen molar-refractivity contribution in [3.8, 4) is 22.6 Å². The van der Waals surface area contributed by atoms with E-state index in [1.807, 2.05) is 27.0 Å². The lowest BCUT2D eigenvalue weighted by Crippen LogP contribution is -2.42. The van der Waals surface area contributed by atoms with Gasteiger partial charge in [-0.1, -0.05) is 35.0 Å². The van der Waals surface area contributed by atoms with Gasteiger partial charge in [0.05, 0.1) is 29.8 Å². The van der Waals surface area contributed by atoms with Crippen molar-refractivity contribution >= 4 is 52.1 Å². The molecule has 210 valence electrons. The third-order valence-corrected chi connectivity index (χ3v) is 7.85. The van der Waals surface area contributed by atoms with E-state index in [2.05, 4.69) is 9.97 Å². The van der Waals surface area contributed by atoms with E-state index in [0.717, 1.165) is 0 Å². The van der Waals surface area contributed by atoms with Gasteiger partial charge in [-0.15, -0.1) is 0 Å². The van der Waals surface area contributed by atoms with Crippen LogP contribution in [0.4, 0.5) is 4.79 Å². The van der Waals surface area contributed by atoms with Gasteiger partial charge < -0.3 is 19.1 Å². The van der Waals surface area contributed by atoms with Crippen LogP contribution in [0.5, 0.6) is 11.5 Å². The first-order valence-electron chi connectivity index (χ1n) is 12.5. The van der Waals surface area contributed by atoms with Gasteiger partial charge in [-0.3, -0.25) is 9.36 Å². The van der Waals surface area contributed by atoms with Crippen LogP contribution in [0.2, 0.25) is 10.0 Å². The predicted octanol–water partition coefficient (Wildman–Crippen LogP) is 6.15. The molecule has 0 N–H and O–H groups in total. The number of nitrogens with zero attached hydrogens (tertiary/aromatic N) is 4. The molecule has 1 aromatic carbocycles. The third kappa shape index (κ3) is 6.23. The average molecular weight is 596 g/mol. The molecule has 0 spiro atoms. The molecule has 0 atom stereocenters. The van der Waals surface area contributed by atoms with Gasteiger partial charge >= 0.3 is 6.09 Å². The number of hydrogen-bond donors (Lipinski definition) is 0. The van der Waals surface area contributed by atoms with Crippen LogP contribution in [0, 0.1) is 5.92 Å². The smallest absolute Gasteiger partial charge is 0.410 e. The molecule has 1 aliphatic rings. The fraction of sp³-hybridized carbons (Fsp3) is 0.481. The SMILES string of the molecule is COc1cc(OC)c(Cl)c(-c2cc3cnc(SC)nc3n(CC3CCN(C(=O)OC(C)(C)C)CC3)c2=O)c1Cl. The van der Waals surface area contributed by atoms with Gasteiger partial charge in [0.15, 0.2) is 5.16 Å². The summed E-state index contributed by atoms with van der Waals surface area (Å²) in [6.45, 7) is 7.05. The first kappa shape index (κ1) is 29.3. The van der Waals surface area contributed by atoms with Crippen molar-refractivity contribution in [2.75, 3.05) is 33.6 Å². The van der Waals surface area contributed by atoms with Crippen LogP contribution in [0.15, 0.2) is 28.3 Å². The number of pyridine rings is 1. The highest BCUT2D eigenvalue weighted by molar-refractivity contribution is 7.98. The summed E-state index contributed by atoms with van der Waals surface area (Å²) in [5.74, 6) is 0.809. The molecule has 0 aliphatic carbocycles. The van der Waals surface area contributed by atoms with Crippen LogP contribution in [-0.4, -0.2) is 64.7 Å². The molecule has 12 heteroatoms. The molecule has 0 bridgehead atoms. The van der Waals surface area contributed by atoms with Crippen LogP contribution in [-0.2, 0) is 11.3 Å². The van der Waals surface area contributed by atoms with Crippen LogP contribution in [0.3, 0.4) is 0 Å². The quantitative estimate of drug-likeness (QED) is 0.247. The van der Waals surface area contributed by atoms with Gasteiger partial charge in [0.25, 0.3) is 5.56 Å². The number of benzene rings is 1. The van der Waals surface area contributed by atoms with Crippen molar-refractivity contribution < 1.29 is 19.0 Å². The number of fused-ring (bicyclic) bond motifs is 1. The van der Waals surface area contributed by atoms with E-state index < -0.39 is 5.60 Å². The van der Waals surface area contributed by atoms with Crippen LogP contribution in [0.25, 0.3) is 22.2 Å². The summed E-state index contributed by atoms with van der Waals surface area (Å²) >= 11 is 14.8. The van der Waals surface area contributed by atoms with Crippen molar-refractivity contribution in [1.82, 2.24) is 19.4 Å². The fourth-order valence-electron chi connectivity index (χ4n) is 4.60. The number of piperidine rings is 1. The van der Waals surface area contributed by atoms with Gasteiger partial charge in [-0.2, -0.15) is 0 Å². The Morgan fingerprint density at radius 2 is 1.72 bits per heavy atom. The molecule has 1 saturated heterocycles. The highest BCUT2D eigenvalue weighted by Crippen LogP contribution is 2.45. The number of likely N-dealkylation sites (tertiary alicyclic amines) is 1. The molecule has 0 radical (unpaired) electrons. The molecule has 3 aromatic rings. The largest absolute Gasteiger partial charge is 0.495 e. The number of carbonyl (C=O) groups excluding carboxylic acids is 1. The van der Waals surface area contributed by atoms with E-state index in [1.165, 1.54) is 26.0 Å². The topological polar surface area (TPSA) is 95.8 Å². The van der Waals surface area contributed by atoms with Gasteiger partial charge in [0, 0.05) is 42.8 Å². The molecule has 0 unspecified atom stereocenters. The minimum Gasteiger partial charge on any atom is -0.495 e. The zero-order valence-corrected chi connectivity index (χ0v) is 25.2. The maximum absolute atomic E-state index is 14.1. The molecule has 1 fully saturated rings. The first-order chi connectivity index (χ1) is 18.5. The second-order valence-electron chi connectivity index (χ2n) is 10.3. The number of rotatable bonds is 6. The van der Waals surface area contributed by atoms with Crippen molar-refractivity contribution in [2.24, 2.45) is 5.92 Å². The molecular formula is C27H32Cl2N4O5S. The number of amides is 1. The minimum atomic E-state index is -0.555. The zero-order valence-electron chi connectivity index (χ0n) is 22.8. The molecule has 2 aromatic heterocycles. The van der Waals surface area contributed by atoms with E-state index in [9.17, 15) is 9.59 Å². The number of thioether (sulfide) groups is 1. The van der Waals surface area contributed by atoms with E-state index in [4.69, 9.17) is 37.4 Å². The Balaban J connectivity index is 1.76. The molecule has 1 aliphatic heterocycles. The molecule has 4 rings (SSSR count). The number of halogens is 2. The Morgan fingerprint density at radius 3 is 2.26 bits per heavy atom. The van der Waals surface area contributed by atoms with E-state index >= 15 is 0 Å². The molecule has 3 heterocycles. The highest BCUT2D eigenvalue weighted by atomic mass is 35.5. The number of aromatic nitrogens is 3. The van der Waals surface area contributed by atoms with Gasteiger partial charge in [-0.05, 0) is 51.9 Å². The van der Waals surface area contributed by atoms with Gasteiger partial charge in [0.1, 0.15) is 22.7 Å². The fourth-order valence-corrected chi connectivity index (χ4v) is 5.64. The average Bonchev–Trinajstić information content (AvgIpc) is 2.90. The normalized spacial score (nSPS) is 14.5. The Kier molecular flexibility index (Phi) is 8.88. The Hall–Kier alpha value is -2.69. The Morgan fingerprint density at radius 1 is 1.10 bits per heavy atom. The Bertz CT molecular complexity index is 1420. The van der Waals surface area contributed by atoms with Crippen LogP contribution >= 0.6 is 35.0 Å². The summed E-state index contributed by atoms with van der Waals surface area (Å²) < 4.78 is 18.0. The Labute approximate surface area is 241 Å². The summed E-state index contributed by atoms with van der Waals surface area (Å²) in [5.41, 5.74) is 0.299. The van der Waals surface area contributed by atoms with Crippen molar-refractivity contribution in [2.45, 2.75) is 50.9 Å². The summed E-state index contributed by atoms with van der Waals surface area (Å²) in [4.78, 5) is 37.4. The summed E-state index contributed by atoms with van der Waals surface area (Å²) in [6, 6.07) is 3.29. The van der Waals surface area contributed by atoms with Crippen LogP contribution < -0.4 is 15.0 Å². The summed E-state index contributed by atoms with van der Waals surface area (Å²) in [5, 5.41) is 1.64. The maximum Gasteiger partial charge on any atom is 0.410 e. The number of hydrogen-bond acceptors (Lipinski definition) is 8. The van der Waals surface area contributed by atoms with E-state index in [0.29, 0.717) is 71.3 Å². The molecule has 1 amide bonds. The van der Waals surface area contributed by atoms with Gasteiger partial charge in [-0.25, -0.2) is 14.8 Å². The van der Waals surface area contributed by atoms with Crippen molar-refractivity contribution in [3.05, 3.63) is 38.7 Å². The van der Waals surface area contributed by atoms with Crippen LogP contribution in [0.1, 0.15) is 33.6 Å². The lowest BCUT2D eigenvalue weighted by Gasteiger charge is -2.33. The van der Waals surface area contributed by atoms with Crippen molar-refractivity contribution in [1.29, 1.82) is 0 Å². The first-order valence-corrected chi connectivity index (χ1v) is 14.5. The second-order valence-corrected chi connectivity index (χ2v) is 11.8. The minimum absolute atomic E-state index is 0.137. The standard InChI is InChI=1S/C27H32Cl2N4O5S/c1-27(2,3)38-26(35)32-9-7-15(8-10-32)14-33-23-16(13-30-25(31-23)39-6)11-17(24(33)34)20-21(28)18(36-4)12-19(37-5)22(20)29/h11-13,15H,7-10,14H2,1-6H3. The third-order valence-electron chi connectivity index (χ3n) is 6.54. The lowest BCUT2D eigenvalue weighted by atomic mass is 9.96. The summed E-state index contributed by atoms with van der Waals surface area (Å²) in [6.07, 6.45) is 4.68. The maximum atomic E-state index is 14.1. The summed E-state index contributed by atoms with van der Waals surface area (Å²) in [7, 11) is 2.97.